The monoisotopic (exact) mass is 301 g/mol. The summed E-state index contributed by atoms with van der Waals surface area (Å²) in [4.78, 5) is 9.85. The molecule has 0 saturated carbocycles. The highest BCUT2D eigenvalue weighted by Gasteiger charge is 2.08. The fraction of sp³-hybridized carbons (Fsp3) is 0.250. The first-order valence-corrected chi connectivity index (χ1v) is 7.66. The SMILES string of the molecule is Cc1cc(NCCc2ncc(C)s2)c2cccc(F)c2n1. The Morgan fingerprint density at radius 1 is 1.29 bits per heavy atom. The van der Waals surface area contributed by atoms with Crippen LogP contribution in [0, 0.1) is 19.7 Å². The molecule has 2 heterocycles. The molecule has 0 bridgehead atoms. The zero-order chi connectivity index (χ0) is 14.8. The Hall–Kier alpha value is -2.01. The molecule has 2 aromatic heterocycles. The summed E-state index contributed by atoms with van der Waals surface area (Å²) in [6, 6.07) is 7.00. The number of anilines is 1. The van der Waals surface area contributed by atoms with E-state index in [1.165, 1.54) is 10.9 Å². The molecule has 0 amide bonds. The molecule has 0 atom stereocenters. The van der Waals surface area contributed by atoms with Crippen LogP contribution in [0.5, 0.6) is 0 Å². The van der Waals surface area contributed by atoms with E-state index in [0.717, 1.165) is 34.7 Å². The lowest BCUT2D eigenvalue weighted by atomic mass is 10.1. The second kappa shape index (κ2) is 5.77. The summed E-state index contributed by atoms with van der Waals surface area (Å²) >= 11 is 1.71. The van der Waals surface area contributed by atoms with Crippen molar-refractivity contribution in [3.63, 3.8) is 0 Å². The summed E-state index contributed by atoms with van der Waals surface area (Å²) < 4.78 is 13.8. The van der Waals surface area contributed by atoms with Crippen LogP contribution < -0.4 is 5.32 Å². The first-order valence-electron chi connectivity index (χ1n) is 6.84. The molecule has 0 unspecified atom stereocenters. The third kappa shape index (κ3) is 3.03. The average molecular weight is 301 g/mol. The first-order chi connectivity index (χ1) is 10.1. The number of pyridine rings is 1. The Labute approximate surface area is 126 Å². The Morgan fingerprint density at radius 3 is 2.90 bits per heavy atom. The van der Waals surface area contributed by atoms with Gasteiger partial charge in [0.25, 0.3) is 0 Å². The Bertz CT molecular complexity index is 782. The van der Waals surface area contributed by atoms with E-state index >= 15 is 0 Å². The average Bonchev–Trinajstić information content (AvgIpc) is 2.86. The lowest BCUT2D eigenvalue weighted by Crippen LogP contribution is -2.06. The Morgan fingerprint density at radius 2 is 2.14 bits per heavy atom. The molecule has 5 heteroatoms. The molecule has 1 N–H and O–H groups in total. The number of rotatable bonds is 4. The molecule has 0 spiro atoms. The van der Waals surface area contributed by atoms with Crippen LogP contribution in [0.2, 0.25) is 0 Å². The third-order valence-electron chi connectivity index (χ3n) is 3.24. The summed E-state index contributed by atoms with van der Waals surface area (Å²) in [5, 5.41) is 5.30. The molecule has 3 nitrogen and oxygen atoms in total. The molecule has 3 aromatic rings. The highest BCUT2D eigenvalue weighted by molar-refractivity contribution is 7.11. The smallest absolute Gasteiger partial charge is 0.149 e. The van der Waals surface area contributed by atoms with Gasteiger partial charge in [0.05, 0.1) is 5.01 Å². The molecule has 3 rings (SSSR count). The number of aromatic nitrogens is 2. The molecule has 0 radical (unpaired) electrons. The van der Waals surface area contributed by atoms with E-state index in [0.29, 0.717) is 5.52 Å². The predicted molar refractivity (Wildman–Crippen MR) is 85.5 cm³/mol. The van der Waals surface area contributed by atoms with E-state index < -0.39 is 0 Å². The standard InChI is InChI=1S/C16H16FN3S/c1-10-8-14(12-4-3-5-13(17)16(12)20-10)18-7-6-15-19-9-11(2)21-15/h3-5,8-9H,6-7H2,1-2H3,(H,18,20). The molecule has 108 valence electrons. The van der Waals surface area contributed by atoms with Crippen molar-refractivity contribution in [2.45, 2.75) is 20.3 Å². The van der Waals surface area contributed by atoms with Crippen LogP contribution in [0.4, 0.5) is 10.1 Å². The number of thiazole rings is 1. The van der Waals surface area contributed by atoms with Gasteiger partial charge in [-0.1, -0.05) is 12.1 Å². The lowest BCUT2D eigenvalue weighted by molar-refractivity contribution is 0.636. The van der Waals surface area contributed by atoms with Crippen LogP contribution in [0.25, 0.3) is 10.9 Å². The largest absolute Gasteiger partial charge is 0.384 e. The van der Waals surface area contributed by atoms with Crippen molar-refractivity contribution in [2.24, 2.45) is 0 Å². The van der Waals surface area contributed by atoms with Crippen LogP contribution in [-0.2, 0) is 6.42 Å². The van der Waals surface area contributed by atoms with Gasteiger partial charge in [-0.05, 0) is 26.0 Å². The highest BCUT2D eigenvalue weighted by Crippen LogP contribution is 2.25. The maximum atomic E-state index is 13.8. The van der Waals surface area contributed by atoms with Crippen LogP contribution in [-0.4, -0.2) is 16.5 Å². The number of para-hydroxylation sites is 1. The molecule has 0 aliphatic rings. The van der Waals surface area contributed by atoms with Crippen LogP contribution in [0.15, 0.2) is 30.5 Å². The van der Waals surface area contributed by atoms with Gasteiger partial charge < -0.3 is 5.32 Å². The van der Waals surface area contributed by atoms with Gasteiger partial charge >= 0.3 is 0 Å². The number of hydrogen-bond donors (Lipinski definition) is 1. The number of benzene rings is 1. The van der Waals surface area contributed by atoms with Crippen molar-refractivity contribution in [1.82, 2.24) is 9.97 Å². The third-order valence-corrected chi connectivity index (χ3v) is 4.21. The van der Waals surface area contributed by atoms with E-state index in [1.807, 2.05) is 25.3 Å². The molecule has 0 fully saturated rings. The van der Waals surface area contributed by atoms with E-state index in [-0.39, 0.29) is 5.82 Å². The van der Waals surface area contributed by atoms with Crippen molar-refractivity contribution in [1.29, 1.82) is 0 Å². The normalized spacial score (nSPS) is 11.0. The van der Waals surface area contributed by atoms with Gasteiger partial charge in [0.1, 0.15) is 11.3 Å². The summed E-state index contributed by atoms with van der Waals surface area (Å²) in [5.41, 5.74) is 2.15. The Kier molecular flexibility index (Phi) is 3.84. The summed E-state index contributed by atoms with van der Waals surface area (Å²) in [6.45, 7) is 4.69. The maximum absolute atomic E-state index is 13.8. The van der Waals surface area contributed by atoms with Gasteiger partial charge in [0.15, 0.2) is 0 Å². The zero-order valence-electron chi connectivity index (χ0n) is 12.0. The molecular weight excluding hydrogens is 285 g/mol. The van der Waals surface area contributed by atoms with Gasteiger partial charge in [-0.25, -0.2) is 14.4 Å². The van der Waals surface area contributed by atoms with Gasteiger partial charge in [-0.15, -0.1) is 11.3 Å². The molecule has 0 saturated heterocycles. The maximum Gasteiger partial charge on any atom is 0.149 e. The fourth-order valence-corrected chi connectivity index (χ4v) is 3.10. The van der Waals surface area contributed by atoms with Crippen LogP contribution in [0.1, 0.15) is 15.6 Å². The Balaban J connectivity index is 1.81. The number of halogens is 1. The number of nitrogens with one attached hydrogen (secondary N) is 1. The van der Waals surface area contributed by atoms with Crippen molar-refractivity contribution >= 4 is 27.9 Å². The minimum Gasteiger partial charge on any atom is -0.384 e. The van der Waals surface area contributed by atoms with Gasteiger partial charge in [-0.3, -0.25) is 0 Å². The van der Waals surface area contributed by atoms with E-state index in [4.69, 9.17) is 0 Å². The van der Waals surface area contributed by atoms with E-state index in [9.17, 15) is 4.39 Å². The van der Waals surface area contributed by atoms with Crippen LogP contribution >= 0.6 is 11.3 Å². The topological polar surface area (TPSA) is 37.8 Å². The first kappa shape index (κ1) is 13.9. The van der Waals surface area contributed by atoms with Crippen molar-refractivity contribution in [3.8, 4) is 0 Å². The molecule has 0 aliphatic heterocycles. The van der Waals surface area contributed by atoms with E-state index in [2.05, 4.69) is 22.2 Å². The molecular formula is C16H16FN3S. The number of nitrogens with zero attached hydrogens (tertiary/aromatic N) is 2. The van der Waals surface area contributed by atoms with E-state index in [1.54, 1.807) is 17.4 Å². The predicted octanol–water partition coefficient (Wildman–Crippen LogP) is 4.10. The second-order valence-corrected chi connectivity index (χ2v) is 6.31. The lowest BCUT2D eigenvalue weighted by Gasteiger charge is -2.10. The second-order valence-electron chi connectivity index (χ2n) is 4.99. The highest BCUT2D eigenvalue weighted by atomic mass is 32.1. The summed E-state index contributed by atoms with van der Waals surface area (Å²) in [5.74, 6) is -0.283. The minimum atomic E-state index is -0.283. The molecule has 1 aromatic carbocycles. The summed E-state index contributed by atoms with van der Waals surface area (Å²) in [6.07, 6.45) is 2.75. The summed E-state index contributed by atoms with van der Waals surface area (Å²) in [7, 11) is 0. The zero-order valence-corrected chi connectivity index (χ0v) is 12.8. The van der Waals surface area contributed by atoms with Crippen LogP contribution in [0.3, 0.4) is 0 Å². The van der Waals surface area contributed by atoms with Crippen molar-refractivity contribution < 1.29 is 4.39 Å². The number of aryl methyl sites for hydroxylation is 2. The number of fused-ring (bicyclic) bond motifs is 1. The molecule has 0 aliphatic carbocycles. The van der Waals surface area contributed by atoms with Crippen molar-refractivity contribution in [2.75, 3.05) is 11.9 Å². The van der Waals surface area contributed by atoms with Gasteiger partial charge in [0, 0.05) is 40.8 Å². The van der Waals surface area contributed by atoms with Crippen molar-refractivity contribution in [3.05, 3.63) is 51.9 Å². The van der Waals surface area contributed by atoms with Gasteiger partial charge in [-0.2, -0.15) is 0 Å². The minimum absolute atomic E-state index is 0.283. The fourth-order valence-electron chi connectivity index (χ4n) is 2.31. The van der Waals surface area contributed by atoms with Gasteiger partial charge in [0.2, 0.25) is 0 Å². The molecule has 21 heavy (non-hydrogen) atoms. The quantitative estimate of drug-likeness (QED) is 0.788. The number of hydrogen-bond acceptors (Lipinski definition) is 4.